The van der Waals surface area contributed by atoms with Crippen molar-refractivity contribution < 1.29 is 14.2 Å². The number of aromatic nitrogens is 2. The molecule has 6 nitrogen and oxygen atoms in total. The molecule has 0 saturated carbocycles. The van der Waals surface area contributed by atoms with Crippen molar-refractivity contribution in [2.75, 3.05) is 32.2 Å². The maximum absolute atomic E-state index is 6.28. The largest absolute Gasteiger partial charge is 0.493 e. The monoisotopic (exact) mass is 443 g/mol. The number of nitrogens with zero attached hydrogens (tertiary/aromatic N) is 3. The lowest BCUT2D eigenvalue weighted by atomic mass is 10.1. The van der Waals surface area contributed by atoms with Gasteiger partial charge in [0.05, 0.1) is 25.4 Å². The van der Waals surface area contributed by atoms with Crippen LogP contribution in [0.15, 0.2) is 47.2 Å². The number of halogens is 1. The zero-order valence-corrected chi connectivity index (χ0v) is 17.5. The van der Waals surface area contributed by atoms with Crippen LogP contribution in [0.4, 0.5) is 5.69 Å². The molecule has 1 aliphatic rings. The number of para-hydroxylation sites is 1. The molecule has 0 aliphatic carbocycles. The van der Waals surface area contributed by atoms with E-state index in [-0.39, 0.29) is 6.10 Å². The summed E-state index contributed by atoms with van der Waals surface area (Å²) in [4.78, 5) is 11.4. The Bertz CT molecular complexity index is 952. The summed E-state index contributed by atoms with van der Waals surface area (Å²) in [6.07, 6.45) is 5.57. The van der Waals surface area contributed by atoms with Crippen LogP contribution in [0, 0.1) is 0 Å². The summed E-state index contributed by atoms with van der Waals surface area (Å²) in [6.45, 7) is 1.78. The summed E-state index contributed by atoms with van der Waals surface area (Å²) in [7, 11) is 3.29. The van der Waals surface area contributed by atoms with Crippen molar-refractivity contribution in [2.24, 2.45) is 0 Å². The van der Waals surface area contributed by atoms with Crippen LogP contribution in [-0.2, 0) is 0 Å². The van der Waals surface area contributed by atoms with Gasteiger partial charge in [0.25, 0.3) is 0 Å². The molecule has 7 heteroatoms. The van der Waals surface area contributed by atoms with Gasteiger partial charge in [-0.2, -0.15) is 0 Å². The lowest BCUT2D eigenvalue weighted by Gasteiger charge is -2.34. The first-order valence-corrected chi connectivity index (χ1v) is 10.0. The molecule has 0 unspecified atom stereocenters. The van der Waals surface area contributed by atoms with Gasteiger partial charge in [-0.1, -0.05) is 6.07 Å². The van der Waals surface area contributed by atoms with E-state index in [1.807, 2.05) is 42.7 Å². The molecule has 0 bridgehead atoms. The molecule has 1 aliphatic heterocycles. The number of piperidine rings is 1. The fourth-order valence-corrected chi connectivity index (χ4v) is 3.88. The Morgan fingerprint density at radius 3 is 2.43 bits per heavy atom. The van der Waals surface area contributed by atoms with Gasteiger partial charge >= 0.3 is 0 Å². The Labute approximate surface area is 172 Å². The number of benzene rings is 1. The van der Waals surface area contributed by atoms with E-state index in [0.717, 1.165) is 47.1 Å². The van der Waals surface area contributed by atoms with Crippen LogP contribution < -0.4 is 19.1 Å². The summed E-state index contributed by atoms with van der Waals surface area (Å²) >= 11 is 3.46. The molecule has 0 spiro atoms. The molecule has 1 aromatic carbocycles. The normalized spacial score (nSPS) is 14.9. The van der Waals surface area contributed by atoms with Gasteiger partial charge in [0.1, 0.15) is 11.6 Å². The van der Waals surface area contributed by atoms with E-state index in [1.165, 1.54) is 0 Å². The highest BCUT2D eigenvalue weighted by Crippen LogP contribution is 2.39. The Balaban J connectivity index is 1.49. The van der Waals surface area contributed by atoms with E-state index in [1.54, 1.807) is 14.2 Å². The topological polar surface area (TPSA) is 56.7 Å². The van der Waals surface area contributed by atoms with Gasteiger partial charge in [-0.05, 0) is 40.2 Å². The second-order valence-electron chi connectivity index (χ2n) is 6.65. The molecule has 146 valence electrons. The van der Waals surface area contributed by atoms with Gasteiger partial charge in [0.2, 0.25) is 5.75 Å². The lowest BCUT2D eigenvalue weighted by Crippen LogP contribution is -2.38. The predicted octanol–water partition coefficient (Wildman–Crippen LogP) is 4.46. The highest BCUT2D eigenvalue weighted by molar-refractivity contribution is 9.10. The molecular formula is C21H22BrN3O3. The van der Waals surface area contributed by atoms with Crippen LogP contribution in [0.25, 0.3) is 11.0 Å². The third-order valence-corrected chi connectivity index (χ3v) is 5.41. The van der Waals surface area contributed by atoms with Crippen molar-refractivity contribution >= 4 is 32.7 Å². The first-order valence-electron chi connectivity index (χ1n) is 9.22. The minimum Gasteiger partial charge on any atom is -0.493 e. The summed E-state index contributed by atoms with van der Waals surface area (Å²) in [5, 5.41) is 0. The van der Waals surface area contributed by atoms with Crippen molar-refractivity contribution in [3.8, 4) is 17.2 Å². The van der Waals surface area contributed by atoms with Crippen LogP contribution in [0.2, 0.25) is 0 Å². The fourth-order valence-electron chi connectivity index (χ4n) is 3.56. The average molecular weight is 444 g/mol. The van der Waals surface area contributed by atoms with E-state index in [0.29, 0.717) is 17.2 Å². The van der Waals surface area contributed by atoms with Crippen LogP contribution in [-0.4, -0.2) is 43.4 Å². The van der Waals surface area contributed by atoms with Crippen molar-refractivity contribution in [1.82, 2.24) is 9.97 Å². The number of fused-ring (bicyclic) bond motifs is 1. The number of anilines is 1. The Morgan fingerprint density at radius 2 is 1.75 bits per heavy atom. The molecule has 0 N–H and O–H groups in total. The van der Waals surface area contributed by atoms with E-state index in [4.69, 9.17) is 14.2 Å². The molecule has 3 heterocycles. The minimum atomic E-state index is 0.108. The maximum atomic E-state index is 6.28. The SMILES string of the molecule is COc1cccc(OC)c1OC1CCN(c2ccnc3cc(Br)cnc23)CC1. The first kappa shape index (κ1) is 18.8. The lowest BCUT2D eigenvalue weighted by molar-refractivity contribution is 0.158. The Morgan fingerprint density at radius 1 is 1.04 bits per heavy atom. The molecule has 4 rings (SSSR count). The number of pyridine rings is 2. The van der Waals surface area contributed by atoms with E-state index in [9.17, 15) is 0 Å². The number of hydrogen-bond donors (Lipinski definition) is 0. The standard InChI is InChI=1S/C21H22BrN3O3/c1-26-18-4-3-5-19(27-2)21(18)28-15-7-10-25(11-8-15)17-6-9-23-16-12-14(22)13-24-20(16)17/h3-6,9,12-13,15H,7-8,10-11H2,1-2H3. The summed E-state index contributed by atoms with van der Waals surface area (Å²) in [5.41, 5.74) is 2.94. The van der Waals surface area contributed by atoms with E-state index >= 15 is 0 Å². The fraction of sp³-hybridized carbons (Fsp3) is 0.333. The van der Waals surface area contributed by atoms with Crippen LogP contribution in [0.1, 0.15) is 12.8 Å². The van der Waals surface area contributed by atoms with Gasteiger partial charge in [-0.25, -0.2) is 0 Å². The molecule has 0 atom stereocenters. The van der Waals surface area contributed by atoms with Crippen molar-refractivity contribution in [1.29, 1.82) is 0 Å². The predicted molar refractivity (Wildman–Crippen MR) is 113 cm³/mol. The van der Waals surface area contributed by atoms with Gasteiger partial charge < -0.3 is 19.1 Å². The molecule has 28 heavy (non-hydrogen) atoms. The number of methoxy groups -OCH3 is 2. The molecule has 0 amide bonds. The van der Waals surface area contributed by atoms with Crippen molar-refractivity contribution in [3.05, 3.63) is 47.2 Å². The number of hydrogen-bond acceptors (Lipinski definition) is 6. The smallest absolute Gasteiger partial charge is 0.203 e. The van der Waals surface area contributed by atoms with Crippen LogP contribution in [0.5, 0.6) is 17.2 Å². The number of ether oxygens (including phenoxy) is 3. The number of rotatable bonds is 5. The van der Waals surface area contributed by atoms with Crippen molar-refractivity contribution in [3.63, 3.8) is 0 Å². The van der Waals surface area contributed by atoms with Crippen molar-refractivity contribution in [2.45, 2.75) is 18.9 Å². The summed E-state index contributed by atoms with van der Waals surface area (Å²) < 4.78 is 18.1. The molecule has 3 aromatic rings. The molecule has 1 fully saturated rings. The quantitative estimate of drug-likeness (QED) is 0.580. The second kappa shape index (κ2) is 8.22. The Hall–Kier alpha value is -2.54. The first-order chi connectivity index (χ1) is 13.7. The van der Waals surface area contributed by atoms with Gasteiger partial charge in [0, 0.05) is 42.8 Å². The van der Waals surface area contributed by atoms with Crippen LogP contribution >= 0.6 is 15.9 Å². The molecule has 1 saturated heterocycles. The van der Waals surface area contributed by atoms with E-state index in [2.05, 4.69) is 30.8 Å². The second-order valence-corrected chi connectivity index (χ2v) is 7.56. The summed E-state index contributed by atoms with van der Waals surface area (Å²) in [6, 6.07) is 9.70. The third kappa shape index (κ3) is 3.71. The zero-order chi connectivity index (χ0) is 19.5. The maximum Gasteiger partial charge on any atom is 0.203 e. The van der Waals surface area contributed by atoms with Gasteiger partial charge in [0.15, 0.2) is 11.5 Å². The molecule has 2 aromatic heterocycles. The highest BCUT2D eigenvalue weighted by atomic mass is 79.9. The average Bonchev–Trinajstić information content (AvgIpc) is 2.74. The van der Waals surface area contributed by atoms with Crippen LogP contribution in [0.3, 0.4) is 0 Å². The highest BCUT2D eigenvalue weighted by Gasteiger charge is 2.24. The Kier molecular flexibility index (Phi) is 5.52. The van der Waals surface area contributed by atoms with E-state index < -0.39 is 0 Å². The zero-order valence-electron chi connectivity index (χ0n) is 15.9. The van der Waals surface area contributed by atoms with Gasteiger partial charge in [-0.3, -0.25) is 9.97 Å². The minimum absolute atomic E-state index is 0.108. The van der Waals surface area contributed by atoms with Gasteiger partial charge in [-0.15, -0.1) is 0 Å². The molecular weight excluding hydrogens is 422 g/mol. The summed E-state index contributed by atoms with van der Waals surface area (Å²) in [5.74, 6) is 2.06. The third-order valence-electron chi connectivity index (χ3n) is 4.97. The molecule has 0 radical (unpaired) electrons.